The molecule has 0 saturated carbocycles. The van der Waals surface area contributed by atoms with E-state index in [0.29, 0.717) is 15.0 Å². The fraction of sp³-hybridized carbons (Fsp3) is 0.100. The van der Waals surface area contributed by atoms with Crippen molar-refractivity contribution in [2.45, 2.75) is 0 Å². The minimum atomic E-state index is -0.546. The molecule has 1 aliphatic rings. The zero-order valence-electron chi connectivity index (χ0n) is 8.97. The van der Waals surface area contributed by atoms with Crippen LogP contribution in [0.3, 0.4) is 0 Å². The van der Waals surface area contributed by atoms with Gasteiger partial charge in [-0.25, -0.2) is 15.2 Å². The molecule has 0 aromatic heterocycles. The standard InChI is InChI=1S/C10H8ClN3O2S2/c11-6-2-1-3-7(4-6)12-9(16)13-14-8(15)5-18-10(14)17/h1-4H,5H2,(H2,12,13,16). The fourth-order valence-electron chi connectivity index (χ4n) is 1.29. The Kier molecular flexibility index (Phi) is 4.05. The molecule has 1 aromatic rings. The van der Waals surface area contributed by atoms with Gasteiger partial charge in [0.2, 0.25) is 0 Å². The van der Waals surface area contributed by atoms with E-state index in [1.54, 1.807) is 24.3 Å². The average molecular weight is 302 g/mol. The summed E-state index contributed by atoms with van der Waals surface area (Å²) in [7, 11) is 0. The zero-order chi connectivity index (χ0) is 13.1. The van der Waals surface area contributed by atoms with Crippen LogP contribution in [0.2, 0.25) is 5.02 Å². The van der Waals surface area contributed by atoms with Gasteiger partial charge in [0.15, 0.2) is 4.32 Å². The molecule has 2 N–H and O–H groups in total. The van der Waals surface area contributed by atoms with Gasteiger partial charge in [-0.2, -0.15) is 0 Å². The Bertz CT molecular complexity index is 508. The van der Waals surface area contributed by atoms with Crippen molar-refractivity contribution in [3.63, 3.8) is 0 Å². The van der Waals surface area contributed by atoms with Crippen LogP contribution in [0, 0.1) is 0 Å². The van der Waals surface area contributed by atoms with Crippen molar-refractivity contribution in [3.05, 3.63) is 29.3 Å². The van der Waals surface area contributed by atoms with E-state index in [1.165, 1.54) is 11.8 Å². The molecule has 18 heavy (non-hydrogen) atoms. The van der Waals surface area contributed by atoms with Crippen molar-refractivity contribution in [2.75, 3.05) is 11.1 Å². The Labute approximate surface area is 118 Å². The summed E-state index contributed by atoms with van der Waals surface area (Å²) in [6, 6.07) is 6.14. The van der Waals surface area contributed by atoms with Gasteiger partial charge in [-0.15, -0.1) is 0 Å². The number of hydrogen-bond acceptors (Lipinski definition) is 4. The zero-order valence-corrected chi connectivity index (χ0v) is 11.4. The Hall–Kier alpha value is -1.31. The number of halogens is 1. The molecule has 0 bridgehead atoms. The monoisotopic (exact) mass is 301 g/mol. The Morgan fingerprint density at radius 2 is 2.28 bits per heavy atom. The van der Waals surface area contributed by atoms with Crippen molar-refractivity contribution in [2.24, 2.45) is 0 Å². The van der Waals surface area contributed by atoms with Gasteiger partial charge >= 0.3 is 6.03 Å². The summed E-state index contributed by atoms with van der Waals surface area (Å²) in [5, 5.41) is 4.12. The van der Waals surface area contributed by atoms with Gasteiger partial charge in [-0.3, -0.25) is 4.79 Å². The molecule has 1 heterocycles. The highest BCUT2D eigenvalue weighted by Gasteiger charge is 2.28. The minimum Gasteiger partial charge on any atom is -0.307 e. The van der Waals surface area contributed by atoms with E-state index < -0.39 is 6.03 Å². The number of hydrazine groups is 1. The van der Waals surface area contributed by atoms with Crippen molar-refractivity contribution in [1.29, 1.82) is 0 Å². The average Bonchev–Trinajstić information content (AvgIpc) is 2.61. The first-order chi connectivity index (χ1) is 8.56. The van der Waals surface area contributed by atoms with Crippen LogP contribution in [0.4, 0.5) is 10.5 Å². The molecule has 0 spiro atoms. The third-order valence-electron chi connectivity index (χ3n) is 2.05. The van der Waals surface area contributed by atoms with Gasteiger partial charge in [0, 0.05) is 10.7 Å². The van der Waals surface area contributed by atoms with Crippen LogP contribution in [0.1, 0.15) is 0 Å². The Balaban J connectivity index is 1.97. The molecule has 0 aliphatic carbocycles. The summed E-state index contributed by atoms with van der Waals surface area (Å²) < 4.78 is 0.334. The molecule has 8 heteroatoms. The third-order valence-corrected chi connectivity index (χ3v) is 3.64. The van der Waals surface area contributed by atoms with Crippen LogP contribution >= 0.6 is 35.6 Å². The highest BCUT2D eigenvalue weighted by atomic mass is 35.5. The predicted molar refractivity (Wildman–Crippen MR) is 75.5 cm³/mol. The Morgan fingerprint density at radius 1 is 1.50 bits per heavy atom. The van der Waals surface area contributed by atoms with Crippen LogP contribution in [-0.2, 0) is 4.79 Å². The molecule has 3 amide bonds. The van der Waals surface area contributed by atoms with Crippen LogP contribution < -0.4 is 10.7 Å². The number of hydrogen-bond donors (Lipinski definition) is 2. The lowest BCUT2D eigenvalue weighted by atomic mass is 10.3. The van der Waals surface area contributed by atoms with Crippen molar-refractivity contribution in [3.8, 4) is 0 Å². The summed E-state index contributed by atoms with van der Waals surface area (Å²) in [6.45, 7) is 0. The van der Waals surface area contributed by atoms with E-state index in [9.17, 15) is 9.59 Å². The number of benzene rings is 1. The molecular weight excluding hydrogens is 294 g/mol. The molecule has 1 aliphatic heterocycles. The fourth-order valence-corrected chi connectivity index (χ4v) is 2.46. The first-order valence-electron chi connectivity index (χ1n) is 4.89. The summed E-state index contributed by atoms with van der Waals surface area (Å²) >= 11 is 11.9. The molecule has 0 atom stereocenters. The predicted octanol–water partition coefficient (Wildman–Crippen LogP) is 2.24. The van der Waals surface area contributed by atoms with Gasteiger partial charge in [-0.1, -0.05) is 41.6 Å². The van der Waals surface area contributed by atoms with Crippen molar-refractivity contribution >= 4 is 57.5 Å². The molecule has 5 nitrogen and oxygen atoms in total. The molecule has 0 unspecified atom stereocenters. The van der Waals surface area contributed by atoms with Crippen LogP contribution in [0.25, 0.3) is 0 Å². The number of thiocarbonyl (C=S) groups is 1. The van der Waals surface area contributed by atoms with E-state index >= 15 is 0 Å². The number of rotatable bonds is 2. The highest BCUT2D eigenvalue weighted by Crippen LogP contribution is 2.18. The van der Waals surface area contributed by atoms with E-state index in [4.69, 9.17) is 23.8 Å². The third kappa shape index (κ3) is 3.12. The number of carbonyl (C=O) groups is 2. The lowest BCUT2D eigenvalue weighted by Crippen LogP contribution is -2.46. The van der Waals surface area contributed by atoms with Crippen molar-refractivity contribution in [1.82, 2.24) is 10.4 Å². The summed E-state index contributed by atoms with van der Waals surface area (Å²) in [6.07, 6.45) is 0. The largest absolute Gasteiger partial charge is 0.338 e. The van der Waals surface area contributed by atoms with Crippen LogP contribution in [0.15, 0.2) is 24.3 Å². The van der Waals surface area contributed by atoms with E-state index in [-0.39, 0.29) is 11.7 Å². The molecule has 1 saturated heterocycles. The number of carbonyl (C=O) groups excluding carboxylic acids is 2. The molecule has 2 rings (SSSR count). The van der Waals surface area contributed by atoms with E-state index in [0.717, 1.165) is 5.01 Å². The van der Waals surface area contributed by atoms with E-state index in [2.05, 4.69) is 10.7 Å². The smallest absolute Gasteiger partial charge is 0.307 e. The number of nitrogens with one attached hydrogen (secondary N) is 2. The number of anilines is 1. The lowest BCUT2D eigenvalue weighted by molar-refractivity contribution is -0.125. The number of thioether (sulfide) groups is 1. The number of urea groups is 1. The highest BCUT2D eigenvalue weighted by molar-refractivity contribution is 8.23. The first-order valence-corrected chi connectivity index (χ1v) is 6.66. The SMILES string of the molecule is O=C(Nc1cccc(Cl)c1)NN1C(=O)CSC1=S. The molecule has 0 radical (unpaired) electrons. The molecular formula is C10H8ClN3O2S2. The lowest BCUT2D eigenvalue weighted by Gasteiger charge is -2.16. The van der Waals surface area contributed by atoms with E-state index in [1.807, 2.05) is 0 Å². The van der Waals surface area contributed by atoms with Gasteiger partial charge in [0.05, 0.1) is 5.75 Å². The Morgan fingerprint density at radius 3 is 2.89 bits per heavy atom. The first kappa shape index (κ1) is 13.1. The second kappa shape index (κ2) is 5.55. The number of nitrogens with zero attached hydrogens (tertiary/aromatic N) is 1. The molecule has 94 valence electrons. The summed E-state index contributed by atoms with van der Waals surface area (Å²) in [4.78, 5) is 23.0. The second-order valence-electron chi connectivity index (χ2n) is 3.36. The van der Waals surface area contributed by atoms with Gasteiger partial charge < -0.3 is 5.32 Å². The maximum absolute atomic E-state index is 11.6. The normalized spacial score (nSPS) is 14.8. The maximum atomic E-state index is 11.6. The molecule has 1 fully saturated rings. The van der Waals surface area contributed by atoms with Gasteiger partial charge in [-0.05, 0) is 18.2 Å². The number of amides is 3. The summed E-state index contributed by atoms with van der Waals surface area (Å²) in [5.41, 5.74) is 2.91. The summed E-state index contributed by atoms with van der Waals surface area (Å²) in [5.74, 6) is 0.00209. The minimum absolute atomic E-state index is 0.244. The van der Waals surface area contributed by atoms with Crippen LogP contribution in [0.5, 0.6) is 0 Å². The van der Waals surface area contributed by atoms with Crippen LogP contribution in [-0.4, -0.2) is 27.0 Å². The maximum Gasteiger partial charge on any atom is 0.338 e. The van der Waals surface area contributed by atoms with Gasteiger partial charge in [0.25, 0.3) is 5.91 Å². The van der Waals surface area contributed by atoms with Gasteiger partial charge in [0.1, 0.15) is 0 Å². The topological polar surface area (TPSA) is 61.4 Å². The molecule has 1 aromatic carbocycles. The van der Waals surface area contributed by atoms with Crippen molar-refractivity contribution < 1.29 is 9.59 Å². The second-order valence-corrected chi connectivity index (χ2v) is 5.41. The quantitative estimate of drug-likeness (QED) is 0.823.